The van der Waals surface area contributed by atoms with Crippen molar-refractivity contribution in [1.29, 1.82) is 5.26 Å². The maximum Gasteiger partial charge on any atom is 0.417 e. The van der Waals surface area contributed by atoms with Gasteiger partial charge in [0.05, 0.1) is 50.6 Å². The average molecular weight is 724 g/mol. The summed E-state index contributed by atoms with van der Waals surface area (Å²) in [5.74, 6) is 0. The van der Waals surface area contributed by atoms with Crippen molar-refractivity contribution in [2.75, 3.05) is 0 Å². The minimum absolute atomic E-state index is 0.156. The van der Waals surface area contributed by atoms with Gasteiger partial charge in [0.2, 0.25) is 0 Å². The number of alkyl halides is 3. The van der Waals surface area contributed by atoms with E-state index in [1.54, 1.807) is 19.1 Å². The first-order chi connectivity index (χ1) is 26.4. The molecule has 2 aromatic heterocycles. The van der Waals surface area contributed by atoms with Gasteiger partial charge in [-0.3, -0.25) is 0 Å². The number of nitrogens with zero attached hydrogens (tertiary/aromatic N) is 3. The van der Waals surface area contributed by atoms with Crippen LogP contribution in [0.3, 0.4) is 0 Å². The van der Waals surface area contributed by atoms with Gasteiger partial charge >= 0.3 is 6.18 Å². The van der Waals surface area contributed by atoms with Gasteiger partial charge in [0.1, 0.15) is 0 Å². The number of hydrogen-bond donors (Lipinski definition) is 0. The molecule has 0 amide bonds. The Labute approximate surface area is 317 Å². The van der Waals surface area contributed by atoms with Gasteiger partial charge in [-0.25, -0.2) is 0 Å². The minimum Gasteiger partial charge on any atom is -0.309 e. The zero-order chi connectivity index (χ0) is 38.3. The molecule has 0 saturated heterocycles. The van der Waals surface area contributed by atoms with Crippen LogP contribution in [0.5, 0.6) is 0 Å². The zero-order valence-electron chi connectivity index (χ0n) is 31.1. The molecule has 0 saturated carbocycles. The van der Waals surface area contributed by atoms with E-state index in [1.807, 2.05) is 30.3 Å². The van der Waals surface area contributed by atoms with Crippen LogP contribution >= 0.6 is 0 Å². The van der Waals surface area contributed by atoms with Crippen LogP contribution in [0.4, 0.5) is 13.2 Å². The maximum absolute atomic E-state index is 14.7. The summed E-state index contributed by atoms with van der Waals surface area (Å²) in [7, 11) is 0. The van der Waals surface area contributed by atoms with Gasteiger partial charge in [0.25, 0.3) is 0 Å². The van der Waals surface area contributed by atoms with Crippen molar-refractivity contribution in [1.82, 2.24) is 9.13 Å². The van der Waals surface area contributed by atoms with Crippen LogP contribution in [-0.4, -0.2) is 9.13 Å². The highest BCUT2D eigenvalue weighted by Crippen LogP contribution is 2.45. The third-order valence-corrected chi connectivity index (χ3v) is 10.9. The molecule has 2 heterocycles. The molecule has 55 heavy (non-hydrogen) atoms. The molecule has 0 aliphatic rings. The molecule has 9 rings (SSSR count). The van der Waals surface area contributed by atoms with E-state index in [0.717, 1.165) is 94.4 Å². The summed E-state index contributed by atoms with van der Waals surface area (Å²) in [5, 5.41) is 14.6. The Morgan fingerprint density at radius 3 is 1.36 bits per heavy atom. The summed E-state index contributed by atoms with van der Waals surface area (Å²) >= 11 is 0. The molecule has 0 atom stereocenters. The van der Waals surface area contributed by atoms with Crippen LogP contribution in [0.2, 0.25) is 0 Å². The SMILES string of the molecule is Cc1ccc2c(c1)c1cc(C)ccc1n2-c1cc(C#N)ccc1-c1ccc(-c2c(C)cccc2C(F)(F)F)cc1-n1c2ccc(C)cc2c2cc(C)ccc21. The first-order valence-electron chi connectivity index (χ1n) is 18.3. The molecule has 9 aromatic rings. The van der Waals surface area contributed by atoms with Gasteiger partial charge in [-0.05, 0) is 124 Å². The van der Waals surface area contributed by atoms with Crippen LogP contribution in [0.15, 0.2) is 127 Å². The van der Waals surface area contributed by atoms with Gasteiger partial charge in [-0.15, -0.1) is 0 Å². The largest absolute Gasteiger partial charge is 0.417 e. The number of hydrogen-bond acceptors (Lipinski definition) is 1. The quantitative estimate of drug-likeness (QED) is 0.178. The zero-order valence-corrected chi connectivity index (χ0v) is 31.1. The second-order valence-electron chi connectivity index (χ2n) is 14.8. The number of aromatic nitrogens is 2. The molecule has 0 unspecified atom stereocenters. The maximum atomic E-state index is 14.7. The fourth-order valence-corrected chi connectivity index (χ4v) is 8.42. The Kier molecular flexibility index (Phi) is 7.77. The fourth-order valence-electron chi connectivity index (χ4n) is 8.42. The van der Waals surface area contributed by atoms with E-state index in [2.05, 4.69) is 116 Å². The normalized spacial score (nSPS) is 12.0. The highest BCUT2D eigenvalue weighted by Gasteiger charge is 2.34. The molecular formula is C49H36F3N3. The molecule has 0 N–H and O–H groups in total. The van der Waals surface area contributed by atoms with Crippen LogP contribution in [-0.2, 0) is 6.18 Å². The van der Waals surface area contributed by atoms with Crippen molar-refractivity contribution in [3.8, 4) is 39.7 Å². The Morgan fingerprint density at radius 2 is 0.927 bits per heavy atom. The number of halogens is 3. The minimum atomic E-state index is -4.55. The lowest BCUT2D eigenvalue weighted by atomic mass is 9.91. The molecular weight excluding hydrogens is 688 g/mol. The first-order valence-corrected chi connectivity index (χ1v) is 18.3. The molecule has 6 heteroatoms. The summed E-state index contributed by atoms with van der Waals surface area (Å²) < 4.78 is 48.4. The molecule has 0 radical (unpaired) electrons. The smallest absolute Gasteiger partial charge is 0.309 e. The molecule has 268 valence electrons. The fraction of sp³-hybridized carbons (Fsp3) is 0.122. The molecule has 7 aromatic carbocycles. The van der Waals surface area contributed by atoms with Gasteiger partial charge < -0.3 is 9.13 Å². The molecule has 0 aliphatic heterocycles. The number of benzene rings is 7. The van der Waals surface area contributed by atoms with Crippen molar-refractivity contribution in [2.24, 2.45) is 0 Å². The molecule has 0 fully saturated rings. The average Bonchev–Trinajstić information content (AvgIpc) is 3.64. The van der Waals surface area contributed by atoms with E-state index in [0.29, 0.717) is 16.7 Å². The van der Waals surface area contributed by atoms with E-state index >= 15 is 0 Å². The van der Waals surface area contributed by atoms with Crippen LogP contribution in [0.1, 0.15) is 38.9 Å². The van der Waals surface area contributed by atoms with Crippen molar-refractivity contribution < 1.29 is 13.2 Å². The number of aryl methyl sites for hydroxylation is 5. The summed E-state index contributed by atoms with van der Waals surface area (Å²) in [6.45, 7) is 10.0. The monoisotopic (exact) mass is 723 g/mol. The lowest BCUT2D eigenvalue weighted by molar-refractivity contribution is -0.137. The summed E-state index contributed by atoms with van der Waals surface area (Å²) in [6.07, 6.45) is -4.55. The lowest BCUT2D eigenvalue weighted by Crippen LogP contribution is -2.08. The summed E-state index contributed by atoms with van der Waals surface area (Å²) in [5.41, 5.74) is 12.6. The number of nitriles is 1. The molecule has 0 aliphatic carbocycles. The van der Waals surface area contributed by atoms with Crippen LogP contribution < -0.4 is 0 Å². The van der Waals surface area contributed by atoms with Crippen molar-refractivity contribution in [3.63, 3.8) is 0 Å². The van der Waals surface area contributed by atoms with Crippen molar-refractivity contribution in [3.05, 3.63) is 166 Å². The number of rotatable bonds is 4. The summed E-state index contributed by atoms with van der Waals surface area (Å²) in [6, 6.07) is 43.6. The van der Waals surface area contributed by atoms with Gasteiger partial charge in [0.15, 0.2) is 0 Å². The second kappa shape index (κ2) is 12.5. The van der Waals surface area contributed by atoms with Crippen molar-refractivity contribution in [2.45, 2.75) is 40.8 Å². The third-order valence-electron chi connectivity index (χ3n) is 10.9. The Bertz CT molecular complexity index is 2980. The molecule has 0 spiro atoms. The Morgan fingerprint density at radius 1 is 0.491 bits per heavy atom. The third kappa shape index (κ3) is 5.50. The van der Waals surface area contributed by atoms with E-state index < -0.39 is 11.7 Å². The summed E-state index contributed by atoms with van der Waals surface area (Å²) in [4.78, 5) is 0. The second-order valence-corrected chi connectivity index (χ2v) is 14.8. The lowest BCUT2D eigenvalue weighted by Gasteiger charge is -2.21. The predicted molar refractivity (Wildman–Crippen MR) is 219 cm³/mol. The van der Waals surface area contributed by atoms with E-state index in [1.165, 1.54) is 6.07 Å². The standard InChI is InChI=1S/C49H36F3N3/c1-28-9-17-42-37(21-28)38-22-29(2)10-18-43(38)54(42)46-25-33(27-53)13-15-35(46)36-16-14-34(48-32(5)7-6-8-41(48)49(50,51)52)26-47(36)55-44-19-11-30(3)23-39(44)40-24-31(4)12-20-45(40)55/h6-26H,1-5H3. The highest BCUT2D eigenvalue weighted by atomic mass is 19.4. The first kappa shape index (κ1) is 34.2. The van der Waals surface area contributed by atoms with E-state index in [9.17, 15) is 18.4 Å². The van der Waals surface area contributed by atoms with Crippen LogP contribution in [0.25, 0.3) is 77.2 Å². The van der Waals surface area contributed by atoms with Crippen LogP contribution in [0, 0.1) is 45.9 Å². The Balaban J connectivity index is 1.44. The Hall–Kier alpha value is -6.58. The number of fused-ring (bicyclic) bond motifs is 6. The van der Waals surface area contributed by atoms with Crippen molar-refractivity contribution >= 4 is 43.6 Å². The predicted octanol–water partition coefficient (Wildman–Crippen LogP) is 13.6. The van der Waals surface area contributed by atoms with Gasteiger partial charge in [-0.2, -0.15) is 18.4 Å². The topological polar surface area (TPSA) is 33.6 Å². The molecule has 0 bridgehead atoms. The highest BCUT2D eigenvalue weighted by molar-refractivity contribution is 6.12. The van der Waals surface area contributed by atoms with Gasteiger partial charge in [0, 0.05) is 32.7 Å². The van der Waals surface area contributed by atoms with E-state index in [4.69, 9.17) is 0 Å². The van der Waals surface area contributed by atoms with E-state index in [-0.39, 0.29) is 5.56 Å². The van der Waals surface area contributed by atoms with Gasteiger partial charge in [-0.1, -0.05) is 76.9 Å². The molecule has 3 nitrogen and oxygen atoms in total.